The molecule has 6 heteroatoms. The number of nitrogens with one attached hydrogen (secondary N) is 1. The molecule has 3 aromatic rings. The molecule has 1 N–H and O–H groups in total. The quantitative estimate of drug-likeness (QED) is 0.647. The van der Waals surface area contributed by atoms with Crippen molar-refractivity contribution in [3.05, 3.63) is 39.2 Å². The number of ether oxygens (including phenoxy) is 1. The van der Waals surface area contributed by atoms with Gasteiger partial charge in [0.05, 0.1) is 22.6 Å². The van der Waals surface area contributed by atoms with Crippen molar-refractivity contribution in [1.29, 1.82) is 0 Å². The molecular weight excluding hydrogens is 403 g/mol. The second-order valence-corrected chi connectivity index (χ2v) is 7.06. The molecule has 3 heterocycles. The molecule has 4 rings (SSSR count). The van der Waals surface area contributed by atoms with E-state index in [9.17, 15) is 0 Å². The number of likely N-dealkylation sites (N-methyl/N-ethyl adjacent to an activating group) is 1. The van der Waals surface area contributed by atoms with Crippen molar-refractivity contribution in [2.24, 2.45) is 0 Å². The monoisotopic (exact) mass is 420 g/mol. The number of methoxy groups -OCH3 is 1. The Kier molecular flexibility index (Phi) is 3.73. The molecule has 0 bridgehead atoms. The third-order valence-electron chi connectivity index (χ3n) is 4.34. The largest absolute Gasteiger partial charge is 0.496 e. The van der Waals surface area contributed by atoms with E-state index in [-0.39, 0.29) is 0 Å². The highest BCUT2D eigenvalue weighted by molar-refractivity contribution is 14.1. The number of nitrogens with zero attached hydrogens (tertiary/aromatic N) is 3. The molecule has 0 aliphatic carbocycles. The van der Waals surface area contributed by atoms with Crippen LogP contribution < -0.4 is 4.74 Å². The lowest BCUT2D eigenvalue weighted by atomic mass is 9.95. The van der Waals surface area contributed by atoms with Gasteiger partial charge in [-0.3, -0.25) is 0 Å². The molecule has 1 aromatic carbocycles. The van der Waals surface area contributed by atoms with Crippen LogP contribution in [0.2, 0.25) is 0 Å². The Labute approximate surface area is 148 Å². The minimum absolute atomic E-state index is 0.824. The van der Waals surface area contributed by atoms with Gasteiger partial charge in [-0.25, -0.2) is 9.97 Å². The molecule has 0 spiro atoms. The maximum absolute atomic E-state index is 5.64. The number of aromatic nitrogens is 3. The molecule has 118 valence electrons. The number of benzene rings is 1. The van der Waals surface area contributed by atoms with Crippen LogP contribution >= 0.6 is 22.6 Å². The Morgan fingerprint density at radius 1 is 1.35 bits per heavy atom. The minimum atomic E-state index is 0.824. The minimum Gasteiger partial charge on any atom is -0.496 e. The zero-order valence-corrected chi connectivity index (χ0v) is 15.2. The van der Waals surface area contributed by atoms with Gasteiger partial charge in [0.15, 0.2) is 5.65 Å². The van der Waals surface area contributed by atoms with Crippen molar-refractivity contribution >= 4 is 33.8 Å². The first-order chi connectivity index (χ1) is 11.2. The van der Waals surface area contributed by atoms with E-state index < -0.39 is 0 Å². The number of hydrogen-bond acceptors (Lipinski definition) is 4. The van der Waals surface area contributed by atoms with E-state index in [0.717, 1.165) is 51.3 Å². The Bertz CT molecular complexity index is 872. The van der Waals surface area contributed by atoms with E-state index >= 15 is 0 Å². The first kappa shape index (κ1) is 14.9. The van der Waals surface area contributed by atoms with E-state index in [2.05, 4.69) is 56.6 Å². The summed E-state index contributed by atoms with van der Waals surface area (Å²) in [5.74, 6) is 0.940. The van der Waals surface area contributed by atoms with Gasteiger partial charge in [0, 0.05) is 30.4 Å². The molecule has 0 unspecified atom stereocenters. The van der Waals surface area contributed by atoms with Crippen molar-refractivity contribution in [2.45, 2.75) is 13.0 Å². The highest BCUT2D eigenvalue weighted by Crippen LogP contribution is 2.33. The third kappa shape index (κ3) is 2.59. The predicted molar refractivity (Wildman–Crippen MR) is 98.6 cm³/mol. The van der Waals surface area contributed by atoms with Gasteiger partial charge in [-0.15, -0.1) is 0 Å². The lowest BCUT2D eigenvalue weighted by molar-refractivity contribution is 0.302. The molecule has 5 nitrogen and oxygen atoms in total. The molecular formula is C17H17IN4O. The van der Waals surface area contributed by atoms with Crippen molar-refractivity contribution in [3.63, 3.8) is 0 Å². The summed E-state index contributed by atoms with van der Waals surface area (Å²) in [7, 11) is 3.88. The lowest BCUT2D eigenvalue weighted by Gasteiger charge is -2.27. The van der Waals surface area contributed by atoms with E-state index in [0.29, 0.717) is 0 Å². The van der Waals surface area contributed by atoms with Crippen molar-refractivity contribution in [3.8, 4) is 17.0 Å². The van der Waals surface area contributed by atoms with Crippen molar-refractivity contribution < 1.29 is 4.74 Å². The maximum atomic E-state index is 5.64. The summed E-state index contributed by atoms with van der Waals surface area (Å²) in [5.41, 5.74) is 6.33. The Morgan fingerprint density at radius 3 is 3.04 bits per heavy atom. The van der Waals surface area contributed by atoms with Gasteiger partial charge in [0.1, 0.15) is 11.3 Å². The van der Waals surface area contributed by atoms with Gasteiger partial charge in [-0.2, -0.15) is 0 Å². The fourth-order valence-corrected chi connectivity index (χ4v) is 3.63. The van der Waals surface area contributed by atoms with Gasteiger partial charge < -0.3 is 14.6 Å². The summed E-state index contributed by atoms with van der Waals surface area (Å²) >= 11 is 2.28. The molecule has 1 aliphatic rings. The normalized spacial score (nSPS) is 14.9. The average Bonchev–Trinajstić information content (AvgIpc) is 2.94. The second-order valence-electron chi connectivity index (χ2n) is 5.89. The first-order valence-corrected chi connectivity index (χ1v) is 8.62. The van der Waals surface area contributed by atoms with Gasteiger partial charge >= 0.3 is 0 Å². The number of fused-ring (bicyclic) bond motifs is 2. The topological polar surface area (TPSA) is 54.0 Å². The van der Waals surface area contributed by atoms with E-state index in [1.54, 1.807) is 7.11 Å². The lowest BCUT2D eigenvalue weighted by Crippen LogP contribution is -2.27. The summed E-state index contributed by atoms with van der Waals surface area (Å²) in [5, 5.41) is 0. The summed E-state index contributed by atoms with van der Waals surface area (Å²) in [6.45, 7) is 2.00. The van der Waals surface area contributed by atoms with Crippen LogP contribution in [0.3, 0.4) is 0 Å². The van der Waals surface area contributed by atoms with Crippen LogP contribution in [0.15, 0.2) is 24.5 Å². The highest BCUT2D eigenvalue weighted by Gasteiger charge is 2.19. The Morgan fingerprint density at radius 2 is 2.22 bits per heavy atom. The van der Waals surface area contributed by atoms with E-state index in [1.165, 1.54) is 11.1 Å². The molecule has 0 atom stereocenters. The molecule has 0 fully saturated rings. The van der Waals surface area contributed by atoms with Crippen LogP contribution in [0.4, 0.5) is 0 Å². The Hall–Kier alpha value is -1.67. The van der Waals surface area contributed by atoms with Crippen LogP contribution in [-0.2, 0) is 13.0 Å². The highest BCUT2D eigenvalue weighted by atomic mass is 127. The van der Waals surface area contributed by atoms with Gasteiger partial charge in [-0.05, 0) is 53.8 Å². The zero-order valence-electron chi connectivity index (χ0n) is 13.1. The summed E-state index contributed by atoms with van der Waals surface area (Å²) in [6, 6.07) is 4.31. The summed E-state index contributed by atoms with van der Waals surface area (Å²) in [4.78, 5) is 14.7. The molecule has 0 saturated heterocycles. The van der Waals surface area contributed by atoms with Crippen LogP contribution in [0.25, 0.3) is 22.4 Å². The number of hydrogen-bond donors (Lipinski definition) is 1. The van der Waals surface area contributed by atoms with Crippen LogP contribution in [0, 0.1) is 3.57 Å². The summed E-state index contributed by atoms with van der Waals surface area (Å²) < 4.78 is 6.72. The molecule has 0 saturated carbocycles. The maximum Gasteiger partial charge on any atom is 0.157 e. The third-order valence-corrected chi connectivity index (χ3v) is 5.16. The Balaban J connectivity index is 1.85. The standard InChI is InChI=1S/C17H17IN4O/c1-22-4-3-10-5-11(6-15(23-2)12(10)9-22)14-8-20-17-16(21-14)13(18)7-19-17/h5-8H,3-4,9H2,1-2H3,(H,19,20). The van der Waals surface area contributed by atoms with Crippen LogP contribution in [-0.4, -0.2) is 40.6 Å². The second kappa shape index (κ2) is 5.76. The summed E-state index contributed by atoms with van der Waals surface area (Å²) in [6.07, 6.45) is 4.79. The fraction of sp³-hybridized carbons (Fsp3) is 0.294. The SMILES string of the molecule is COc1cc(-c2cnc3[nH]cc(I)c3n2)cc2c1CN(C)CC2. The zero-order chi connectivity index (χ0) is 16.0. The molecule has 2 aromatic heterocycles. The number of rotatable bonds is 2. The molecule has 23 heavy (non-hydrogen) atoms. The average molecular weight is 420 g/mol. The predicted octanol–water partition coefficient (Wildman–Crippen LogP) is 3.23. The van der Waals surface area contributed by atoms with Crippen LogP contribution in [0.1, 0.15) is 11.1 Å². The van der Waals surface area contributed by atoms with Crippen molar-refractivity contribution in [1.82, 2.24) is 19.9 Å². The van der Waals surface area contributed by atoms with Gasteiger partial charge in [0.2, 0.25) is 0 Å². The molecule has 1 aliphatic heterocycles. The van der Waals surface area contributed by atoms with Gasteiger partial charge in [0.25, 0.3) is 0 Å². The van der Waals surface area contributed by atoms with E-state index in [1.807, 2.05) is 12.4 Å². The number of H-pyrrole nitrogens is 1. The molecule has 0 amide bonds. The molecule has 0 radical (unpaired) electrons. The fourth-order valence-electron chi connectivity index (χ4n) is 3.10. The van der Waals surface area contributed by atoms with Crippen molar-refractivity contribution in [2.75, 3.05) is 20.7 Å². The first-order valence-electron chi connectivity index (χ1n) is 7.54. The number of halogens is 1. The smallest absolute Gasteiger partial charge is 0.157 e. The van der Waals surface area contributed by atoms with Gasteiger partial charge in [-0.1, -0.05) is 0 Å². The van der Waals surface area contributed by atoms with E-state index in [4.69, 9.17) is 9.72 Å². The van der Waals surface area contributed by atoms with Crippen LogP contribution in [0.5, 0.6) is 5.75 Å². The number of aromatic amines is 1.